The number of anilines is 1. The van der Waals surface area contributed by atoms with Crippen LogP contribution in [0, 0.1) is 13.8 Å². The number of hydrogen-bond donors (Lipinski definition) is 0. The van der Waals surface area contributed by atoms with Gasteiger partial charge in [-0.3, -0.25) is 4.79 Å². The Balaban J connectivity index is 1.75. The molecule has 22 heavy (non-hydrogen) atoms. The summed E-state index contributed by atoms with van der Waals surface area (Å²) >= 11 is 0. The van der Waals surface area contributed by atoms with E-state index in [1.54, 1.807) is 0 Å². The smallest absolute Gasteiger partial charge is 0.267 e. The van der Waals surface area contributed by atoms with E-state index in [4.69, 9.17) is 4.74 Å². The molecule has 0 radical (unpaired) electrons. The van der Waals surface area contributed by atoms with Gasteiger partial charge in [0, 0.05) is 12.2 Å². The van der Waals surface area contributed by atoms with Crippen molar-refractivity contribution >= 4 is 11.6 Å². The first kappa shape index (κ1) is 14.6. The van der Waals surface area contributed by atoms with Gasteiger partial charge in [-0.1, -0.05) is 24.3 Å². The molecule has 1 aliphatic rings. The quantitative estimate of drug-likeness (QED) is 0.865. The summed E-state index contributed by atoms with van der Waals surface area (Å²) in [5, 5.41) is 0. The lowest BCUT2D eigenvalue weighted by Gasteiger charge is -2.22. The minimum atomic E-state index is -0.493. The van der Waals surface area contributed by atoms with Crippen molar-refractivity contribution in [1.82, 2.24) is 0 Å². The molecule has 0 aliphatic carbocycles. The molecule has 0 fully saturated rings. The van der Waals surface area contributed by atoms with E-state index in [0.29, 0.717) is 0 Å². The number of aryl methyl sites for hydroxylation is 2. The number of carbonyl (C=O) groups excluding carboxylic acids is 1. The lowest BCUT2D eigenvalue weighted by atomic mass is 10.1. The second-order valence-electron chi connectivity index (χ2n) is 5.95. The highest BCUT2D eigenvalue weighted by Gasteiger charge is 2.28. The van der Waals surface area contributed by atoms with Gasteiger partial charge in [0.15, 0.2) is 6.10 Å². The highest BCUT2D eigenvalue weighted by molar-refractivity contribution is 5.98. The maximum Gasteiger partial charge on any atom is 0.267 e. The summed E-state index contributed by atoms with van der Waals surface area (Å²) in [4.78, 5) is 14.5. The number of nitrogens with zero attached hydrogens (tertiary/aromatic N) is 1. The van der Waals surface area contributed by atoms with E-state index in [0.717, 1.165) is 35.5 Å². The first-order chi connectivity index (χ1) is 10.5. The molecule has 3 rings (SSSR count). The predicted molar refractivity (Wildman–Crippen MR) is 88.5 cm³/mol. The van der Waals surface area contributed by atoms with Crippen LogP contribution in [0.3, 0.4) is 0 Å². The van der Waals surface area contributed by atoms with E-state index >= 15 is 0 Å². The summed E-state index contributed by atoms with van der Waals surface area (Å²) in [7, 11) is 0. The maximum absolute atomic E-state index is 12.7. The molecule has 2 aromatic carbocycles. The zero-order chi connectivity index (χ0) is 15.7. The van der Waals surface area contributed by atoms with Crippen LogP contribution in [0.2, 0.25) is 0 Å². The standard InChI is InChI=1S/C19H21NO2/c1-13-10-14(2)12-17(11-13)22-15(3)19(21)20-9-8-16-6-4-5-7-18(16)20/h4-7,10-12,15H,8-9H2,1-3H3/t15-/m1/s1. The van der Waals surface area contributed by atoms with Crippen LogP contribution in [0.5, 0.6) is 5.75 Å². The average Bonchev–Trinajstić information content (AvgIpc) is 2.89. The van der Waals surface area contributed by atoms with Crippen molar-refractivity contribution in [3.63, 3.8) is 0 Å². The van der Waals surface area contributed by atoms with E-state index in [1.807, 2.05) is 56.0 Å². The SMILES string of the molecule is Cc1cc(C)cc(O[C@H](C)C(=O)N2CCc3ccccc32)c1. The molecule has 1 atom stereocenters. The zero-order valence-electron chi connectivity index (χ0n) is 13.3. The molecule has 0 saturated carbocycles. The molecule has 1 amide bonds. The number of rotatable bonds is 3. The van der Waals surface area contributed by atoms with Gasteiger partial charge in [0.05, 0.1) is 0 Å². The van der Waals surface area contributed by atoms with E-state index in [1.165, 1.54) is 5.56 Å². The first-order valence-electron chi connectivity index (χ1n) is 7.69. The number of benzene rings is 2. The van der Waals surface area contributed by atoms with Gasteiger partial charge in [-0.15, -0.1) is 0 Å². The molecule has 3 heteroatoms. The fourth-order valence-electron chi connectivity index (χ4n) is 3.04. The van der Waals surface area contributed by atoms with Crippen molar-refractivity contribution in [2.24, 2.45) is 0 Å². The van der Waals surface area contributed by atoms with E-state index < -0.39 is 6.10 Å². The van der Waals surface area contributed by atoms with Crippen LogP contribution in [0.1, 0.15) is 23.6 Å². The Morgan fingerprint density at radius 3 is 2.55 bits per heavy atom. The molecule has 0 N–H and O–H groups in total. The van der Waals surface area contributed by atoms with Crippen LogP contribution in [0.25, 0.3) is 0 Å². The van der Waals surface area contributed by atoms with Crippen molar-refractivity contribution < 1.29 is 9.53 Å². The van der Waals surface area contributed by atoms with Gasteiger partial charge in [-0.25, -0.2) is 0 Å². The Morgan fingerprint density at radius 2 is 1.82 bits per heavy atom. The van der Waals surface area contributed by atoms with E-state index in [2.05, 4.69) is 12.1 Å². The summed E-state index contributed by atoms with van der Waals surface area (Å²) in [6.45, 7) is 6.62. The zero-order valence-corrected chi connectivity index (χ0v) is 13.3. The lowest BCUT2D eigenvalue weighted by molar-refractivity contribution is -0.124. The summed E-state index contributed by atoms with van der Waals surface area (Å²) < 4.78 is 5.87. The van der Waals surface area contributed by atoms with Gasteiger partial charge in [-0.05, 0) is 62.1 Å². The number of para-hydroxylation sites is 1. The Morgan fingerprint density at radius 1 is 1.14 bits per heavy atom. The highest BCUT2D eigenvalue weighted by atomic mass is 16.5. The minimum Gasteiger partial charge on any atom is -0.481 e. The van der Waals surface area contributed by atoms with Gasteiger partial charge in [0.25, 0.3) is 5.91 Å². The number of carbonyl (C=O) groups is 1. The molecule has 1 aliphatic heterocycles. The highest BCUT2D eigenvalue weighted by Crippen LogP contribution is 2.28. The topological polar surface area (TPSA) is 29.5 Å². The minimum absolute atomic E-state index is 0.0177. The fraction of sp³-hybridized carbons (Fsp3) is 0.316. The average molecular weight is 295 g/mol. The summed E-state index contributed by atoms with van der Waals surface area (Å²) in [5.41, 5.74) is 4.53. The Bertz CT molecular complexity index is 688. The molecule has 2 aromatic rings. The normalized spacial score (nSPS) is 14.6. The number of amides is 1. The van der Waals surface area contributed by atoms with Crippen molar-refractivity contribution in [3.05, 3.63) is 59.2 Å². The Hall–Kier alpha value is -2.29. The molecular weight excluding hydrogens is 274 g/mol. The molecule has 0 aromatic heterocycles. The number of hydrogen-bond acceptors (Lipinski definition) is 2. The first-order valence-corrected chi connectivity index (χ1v) is 7.69. The van der Waals surface area contributed by atoms with Crippen LogP contribution in [0.4, 0.5) is 5.69 Å². The van der Waals surface area contributed by atoms with E-state index in [9.17, 15) is 4.79 Å². The predicted octanol–water partition coefficient (Wildman–Crippen LogP) is 3.66. The molecule has 0 bridgehead atoms. The second-order valence-corrected chi connectivity index (χ2v) is 5.95. The van der Waals surface area contributed by atoms with Crippen LogP contribution in [-0.2, 0) is 11.2 Å². The van der Waals surface area contributed by atoms with Gasteiger partial charge in [0.1, 0.15) is 5.75 Å². The summed E-state index contributed by atoms with van der Waals surface area (Å²) in [6, 6.07) is 14.1. The van der Waals surface area contributed by atoms with Crippen molar-refractivity contribution in [2.45, 2.75) is 33.3 Å². The monoisotopic (exact) mass is 295 g/mol. The Labute approximate surface area is 131 Å². The molecule has 0 saturated heterocycles. The third-order valence-electron chi connectivity index (χ3n) is 4.01. The van der Waals surface area contributed by atoms with Gasteiger partial charge >= 0.3 is 0 Å². The molecule has 0 spiro atoms. The van der Waals surface area contributed by atoms with Crippen LogP contribution >= 0.6 is 0 Å². The van der Waals surface area contributed by atoms with Crippen LogP contribution < -0.4 is 9.64 Å². The van der Waals surface area contributed by atoms with Crippen molar-refractivity contribution in [2.75, 3.05) is 11.4 Å². The largest absolute Gasteiger partial charge is 0.481 e. The van der Waals surface area contributed by atoms with Crippen LogP contribution in [-0.4, -0.2) is 18.6 Å². The number of ether oxygens (including phenoxy) is 1. The van der Waals surface area contributed by atoms with E-state index in [-0.39, 0.29) is 5.91 Å². The lowest BCUT2D eigenvalue weighted by Crippen LogP contribution is -2.39. The van der Waals surface area contributed by atoms with Crippen molar-refractivity contribution in [1.29, 1.82) is 0 Å². The maximum atomic E-state index is 12.7. The third kappa shape index (κ3) is 2.84. The summed E-state index contributed by atoms with van der Waals surface area (Å²) in [5.74, 6) is 0.773. The van der Waals surface area contributed by atoms with Gasteiger partial charge in [-0.2, -0.15) is 0 Å². The fourth-order valence-corrected chi connectivity index (χ4v) is 3.04. The Kier molecular flexibility index (Phi) is 3.88. The third-order valence-corrected chi connectivity index (χ3v) is 4.01. The van der Waals surface area contributed by atoms with Gasteiger partial charge in [0.2, 0.25) is 0 Å². The number of fused-ring (bicyclic) bond motifs is 1. The van der Waals surface area contributed by atoms with Crippen LogP contribution in [0.15, 0.2) is 42.5 Å². The molecule has 1 heterocycles. The molecule has 114 valence electrons. The second kappa shape index (κ2) is 5.84. The van der Waals surface area contributed by atoms with Crippen molar-refractivity contribution in [3.8, 4) is 5.75 Å². The molecule has 3 nitrogen and oxygen atoms in total. The molecular formula is C19H21NO2. The summed E-state index contributed by atoms with van der Waals surface area (Å²) in [6.07, 6.45) is 0.422. The van der Waals surface area contributed by atoms with Gasteiger partial charge < -0.3 is 9.64 Å². The molecule has 0 unspecified atom stereocenters.